The van der Waals surface area contributed by atoms with E-state index < -0.39 is 0 Å². The van der Waals surface area contributed by atoms with Crippen LogP contribution in [0, 0.1) is 5.82 Å². The molecule has 1 aromatic carbocycles. The zero-order valence-electron chi connectivity index (χ0n) is 12.1. The van der Waals surface area contributed by atoms with Crippen molar-refractivity contribution in [2.75, 3.05) is 24.3 Å². The molecule has 0 aliphatic rings. The van der Waals surface area contributed by atoms with Crippen LogP contribution < -0.4 is 10.2 Å². The van der Waals surface area contributed by atoms with Crippen molar-refractivity contribution in [3.05, 3.63) is 40.9 Å². The fourth-order valence-electron chi connectivity index (χ4n) is 1.85. The van der Waals surface area contributed by atoms with E-state index in [2.05, 4.69) is 20.3 Å². The van der Waals surface area contributed by atoms with E-state index in [-0.39, 0.29) is 17.1 Å². The third-order valence-electron chi connectivity index (χ3n) is 2.83. The Morgan fingerprint density at radius 3 is 2.48 bits per heavy atom. The molecular formula is C14H17ClFN5. The van der Waals surface area contributed by atoms with Crippen molar-refractivity contribution in [2.45, 2.75) is 19.4 Å². The van der Waals surface area contributed by atoms with E-state index in [4.69, 9.17) is 11.6 Å². The fraction of sp³-hybridized carbons (Fsp3) is 0.357. The summed E-state index contributed by atoms with van der Waals surface area (Å²) < 4.78 is 12.9. The van der Waals surface area contributed by atoms with E-state index in [9.17, 15) is 4.39 Å². The molecule has 0 radical (unpaired) electrons. The number of benzene rings is 1. The van der Waals surface area contributed by atoms with Crippen LogP contribution in [0.15, 0.2) is 24.3 Å². The Labute approximate surface area is 128 Å². The van der Waals surface area contributed by atoms with Gasteiger partial charge < -0.3 is 10.2 Å². The van der Waals surface area contributed by atoms with Crippen LogP contribution in [0.5, 0.6) is 0 Å². The van der Waals surface area contributed by atoms with E-state index in [1.165, 1.54) is 12.1 Å². The predicted octanol–water partition coefficient (Wildman–Crippen LogP) is 2.77. The highest BCUT2D eigenvalue weighted by atomic mass is 35.5. The number of halogens is 2. The SMILES string of the molecule is CC(Cc1ccc(F)cc1)Nc1nc(Cl)nc(N(C)C)n1. The molecule has 0 aliphatic heterocycles. The summed E-state index contributed by atoms with van der Waals surface area (Å²) >= 11 is 5.88. The van der Waals surface area contributed by atoms with Crippen molar-refractivity contribution >= 4 is 23.5 Å². The average molecular weight is 310 g/mol. The number of aromatic nitrogens is 3. The maximum Gasteiger partial charge on any atom is 0.230 e. The number of anilines is 2. The van der Waals surface area contributed by atoms with Crippen molar-refractivity contribution in [3.63, 3.8) is 0 Å². The Hall–Kier alpha value is -1.95. The molecule has 1 aromatic heterocycles. The van der Waals surface area contributed by atoms with Gasteiger partial charge in [0.05, 0.1) is 0 Å². The zero-order valence-corrected chi connectivity index (χ0v) is 12.9. The van der Waals surface area contributed by atoms with Gasteiger partial charge in [0.15, 0.2) is 0 Å². The molecular weight excluding hydrogens is 293 g/mol. The predicted molar refractivity (Wildman–Crippen MR) is 82.4 cm³/mol. The number of nitrogens with one attached hydrogen (secondary N) is 1. The first kappa shape index (κ1) is 15.4. The van der Waals surface area contributed by atoms with Crippen LogP contribution in [0.1, 0.15) is 12.5 Å². The van der Waals surface area contributed by atoms with Gasteiger partial charge in [-0.2, -0.15) is 15.0 Å². The lowest BCUT2D eigenvalue weighted by atomic mass is 10.1. The third kappa shape index (κ3) is 4.53. The van der Waals surface area contributed by atoms with Crippen LogP contribution in [-0.4, -0.2) is 35.1 Å². The molecule has 2 rings (SSSR count). The van der Waals surface area contributed by atoms with Crippen molar-refractivity contribution in [1.82, 2.24) is 15.0 Å². The van der Waals surface area contributed by atoms with Gasteiger partial charge in [-0.05, 0) is 42.6 Å². The minimum absolute atomic E-state index is 0.0731. The van der Waals surface area contributed by atoms with Crippen molar-refractivity contribution in [2.24, 2.45) is 0 Å². The van der Waals surface area contributed by atoms with Crippen molar-refractivity contribution in [1.29, 1.82) is 0 Å². The van der Waals surface area contributed by atoms with Gasteiger partial charge in [0.1, 0.15) is 5.82 Å². The van der Waals surface area contributed by atoms with E-state index in [0.29, 0.717) is 11.9 Å². The molecule has 1 unspecified atom stereocenters. The van der Waals surface area contributed by atoms with Gasteiger partial charge >= 0.3 is 0 Å². The standard InChI is InChI=1S/C14H17ClFN5/c1-9(8-10-4-6-11(16)7-5-10)17-13-18-12(15)19-14(20-13)21(2)3/h4-7,9H,8H2,1-3H3,(H,17,18,19,20). The molecule has 0 saturated carbocycles. The maximum atomic E-state index is 12.9. The van der Waals surface area contributed by atoms with E-state index in [0.717, 1.165) is 12.0 Å². The van der Waals surface area contributed by atoms with E-state index in [1.54, 1.807) is 17.0 Å². The lowest BCUT2D eigenvalue weighted by Gasteiger charge is -2.16. The van der Waals surface area contributed by atoms with Crippen molar-refractivity contribution in [3.8, 4) is 0 Å². The smallest absolute Gasteiger partial charge is 0.230 e. The van der Waals surface area contributed by atoms with Gasteiger partial charge in [0.2, 0.25) is 17.2 Å². The van der Waals surface area contributed by atoms with E-state index >= 15 is 0 Å². The molecule has 0 amide bonds. The molecule has 1 heterocycles. The topological polar surface area (TPSA) is 53.9 Å². The first-order chi connectivity index (χ1) is 9.94. The summed E-state index contributed by atoms with van der Waals surface area (Å²) in [7, 11) is 3.66. The quantitative estimate of drug-likeness (QED) is 0.920. The van der Waals surface area contributed by atoms with Gasteiger partial charge in [-0.25, -0.2) is 4.39 Å². The number of rotatable bonds is 5. The summed E-state index contributed by atoms with van der Waals surface area (Å²) in [6, 6.07) is 6.50. The van der Waals surface area contributed by atoms with E-state index in [1.807, 2.05) is 21.0 Å². The monoisotopic (exact) mass is 309 g/mol. The van der Waals surface area contributed by atoms with Crippen LogP contribution in [0.25, 0.3) is 0 Å². The van der Waals surface area contributed by atoms with Crippen molar-refractivity contribution < 1.29 is 4.39 Å². The van der Waals surface area contributed by atoms with Gasteiger partial charge in [0.25, 0.3) is 0 Å². The molecule has 112 valence electrons. The van der Waals surface area contributed by atoms with Gasteiger partial charge in [0, 0.05) is 20.1 Å². The minimum atomic E-state index is -0.237. The first-order valence-electron chi connectivity index (χ1n) is 6.54. The molecule has 0 bridgehead atoms. The molecule has 21 heavy (non-hydrogen) atoms. The second-order valence-electron chi connectivity index (χ2n) is 5.00. The number of hydrogen-bond acceptors (Lipinski definition) is 5. The lowest BCUT2D eigenvalue weighted by molar-refractivity contribution is 0.626. The zero-order chi connectivity index (χ0) is 15.4. The minimum Gasteiger partial charge on any atom is -0.351 e. The highest BCUT2D eigenvalue weighted by molar-refractivity contribution is 6.28. The summed E-state index contributed by atoms with van der Waals surface area (Å²) in [6.07, 6.45) is 0.723. The molecule has 1 atom stereocenters. The van der Waals surface area contributed by atoms with Crippen LogP contribution in [-0.2, 0) is 6.42 Å². The lowest BCUT2D eigenvalue weighted by Crippen LogP contribution is -2.21. The molecule has 0 spiro atoms. The third-order valence-corrected chi connectivity index (χ3v) is 3.00. The second kappa shape index (κ2) is 6.67. The largest absolute Gasteiger partial charge is 0.351 e. The Kier molecular flexibility index (Phi) is 4.90. The summed E-state index contributed by atoms with van der Waals surface area (Å²) in [5, 5.41) is 3.32. The number of nitrogens with zero attached hydrogens (tertiary/aromatic N) is 4. The maximum absolute atomic E-state index is 12.9. The summed E-state index contributed by atoms with van der Waals surface area (Å²) in [6.45, 7) is 2.00. The number of hydrogen-bond donors (Lipinski definition) is 1. The summed E-state index contributed by atoms with van der Waals surface area (Å²) in [4.78, 5) is 14.1. The van der Waals surface area contributed by atoms with Crippen LogP contribution in [0.4, 0.5) is 16.3 Å². The molecule has 0 saturated heterocycles. The van der Waals surface area contributed by atoms with Gasteiger partial charge in [-0.3, -0.25) is 0 Å². The van der Waals surface area contributed by atoms with Crippen LogP contribution in [0.3, 0.4) is 0 Å². The normalized spacial score (nSPS) is 12.0. The molecule has 1 N–H and O–H groups in total. The first-order valence-corrected chi connectivity index (χ1v) is 6.91. The summed E-state index contributed by atoms with van der Waals surface area (Å²) in [5.41, 5.74) is 1.03. The molecule has 0 aliphatic carbocycles. The molecule has 0 fully saturated rings. The fourth-order valence-corrected chi connectivity index (χ4v) is 2.01. The van der Waals surface area contributed by atoms with Crippen LogP contribution in [0.2, 0.25) is 5.28 Å². The Balaban J connectivity index is 2.05. The second-order valence-corrected chi connectivity index (χ2v) is 5.34. The summed E-state index contributed by atoms with van der Waals surface area (Å²) in [5.74, 6) is 0.680. The molecule has 7 heteroatoms. The Morgan fingerprint density at radius 1 is 1.19 bits per heavy atom. The van der Waals surface area contributed by atoms with Crippen LogP contribution >= 0.6 is 11.6 Å². The average Bonchev–Trinajstić information content (AvgIpc) is 2.40. The highest BCUT2D eigenvalue weighted by Crippen LogP contribution is 2.13. The highest BCUT2D eigenvalue weighted by Gasteiger charge is 2.10. The molecule has 5 nitrogen and oxygen atoms in total. The van der Waals surface area contributed by atoms with Gasteiger partial charge in [-0.1, -0.05) is 12.1 Å². The molecule has 2 aromatic rings. The van der Waals surface area contributed by atoms with Gasteiger partial charge in [-0.15, -0.1) is 0 Å². The Morgan fingerprint density at radius 2 is 1.86 bits per heavy atom. The Bertz CT molecular complexity index is 603.